The largest absolute Gasteiger partial charge is 0.483 e. The predicted molar refractivity (Wildman–Crippen MR) is 93.1 cm³/mol. The van der Waals surface area contributed by atoms with E-state index in [1.807, 2.05) is 0 Å². The molecule has 0 atom stereocenters. The molecule has 136 valence electrons. The van der Waals surface area contributed by atoms with Gasteiger partial charge in [0.2, 0.25) is 0 Å². The zero-order valence-electron chi connectivity index (χ0n) is 14.5. The highest BCUT2D eigenvalue weighted by Crippen LogP contribution is 2.18. The van der Waals surface area contributed by atoms with E-state index in [9.17, 15) is 14.4 Å². The summed E-state index contributed by atoms with van der Waals surface area (Å²) in [7, 11) is 0. The van der Waals surface area contributed by atoms with Gasteiger partial charge in [-0.2, -0.15) is 0 Å². The van der Waals surface area contributed by atoms with E-state index in [0.29, 0.717) is 43.3 Å². The summed E-state index contributed by atoms with van der Waals surface area (Å²) in [6, 6.07) is 10.1. The Morgan fingerprint density at radius 3 is 2.35 bits per heavy atom. The van der Waals surface area contributed by atoms with Gasteiger partial charge >= 0.3 is 0 Å². The molecule has 0 N–H and O–H groups in total. The Morgan fingerprint density at radius 1 is 1.00 bits per heavy atom. The molecule has 0 saturated carbocycles. The number of amides is 2. The first kappa shape index (κ1) is 17.7. The standard InChI is InChI=1S/C19H20N2O5/c1-14(22)15-5-2-3-6-16(15)26-13-18(23)20-8-10-21(11-9-20)19(24)17-7-4-12-25-17/h2-7,12H,8-11,13H2,1H3. The third-order valence-electron chi connectivity index (χ3n) is 4.27. The lowest BCUT2D eigenvalue weighted by molar-refractivity contribution is -0.134. The number of Topliss-reactive ketones (excluding diaryl/α,β-unsaturated/α-hetero) is 1. The van der Waals surface area contributed by atoms with Crippen LogP contribution in [0.3, 0.4) is 0 Å². The average Bonchev–Trinajstić information content (AvgIpc) is 3.20. The van der Waals surface area contributed by atoms with Crippen LogP contribution in [0.4, 0.5) is 0 Å². The molecule has 1 fully saturated rings. The van der Waals surface area contributed by atoms with Crippen LogP contribution in [0.25, 0.3) is 0 Å². The summed E-state index contributed by atoms with van der Waals surface area (Å²) in [4.78, 5) is 39.5. The highest BCUT2D eigenvalue weighted by Gasteiger charge is 2.26. The molecule has 1 aromatic carbocycles. The molecule has 1 aromatic heterocycles. The van der Waals surface area contributed by atoms with Gasteiger partial charge in [0.15, 0.2) is 18.2 Å². The van der Waals surface area contributed by atoms with Crippen LogP contribution in [0.15, 0.2) is 47.1 Å². The Bertz CT molecular complexity index is 792. The van der Waals surface area contributed by atoms with Crippen molar-refractivity contribution in [3.8, 4) is 5.75 Å². The first-order valence-corrected chi connectivity index (χ1v) is 8.39. The quantitative estimate of drug-likeness (QED) is 0.764. The molecule has 26 heavy (non-hydrogen) atoms. The molecule has 1 aliphatic rings. The summed E-state index contributed by atoms with van der Waals surface area (Å²) in [6.45, 7) is 3.06. The molecule has 0 aliphatic carbocycles. The monoisotopic (exact) mass is 356 g/mol. The first-order valence-electron chi connectivity index (χ1n) is 8.39. The second kappa shape index (κ2) is 7.86. The van der Waals surface area contributed by atoms with Gasteiger partial charge in [-0.1, -0.05) is 12.1 Å². The number of rotatable bonds is 5. The fraction of sp³-hybridized carbons (Fsp3) is 0.316. The zero-order valence-corrected chi connectivity index (χ0v) is 14.5. The Balaban J connectivity index is 1.51. The molecular formula is C19H20N2O5. The number of nitrogens with zero attached hydrogens (tertiary/aromatic N) is 2. The molecule has 2 aromatic rings. The summed E-state index contributed by atoms with van der Waals surface area (Å²) in [6.07, 6.45) is 1.46. The molecule has 1 aliphatic heterocycles. The van der Waals surface area contributed by atoms with Crippen molar-refractivity contribution in [2.24, 2.45) is 0 Å². The number of para-hydroxylation sites is 1. The molecule has 2 amide bonds. The van der Waals surface area contributed by atoms with Gasteiger partial charge in [0.05, 0.1) is 11.8 Å². The normalized spacial score (nSPS) is 14.2. The molecule has 0 radical (unpaired) electrons. The van der Waals surface area contributed by atoms with Gasteiger partial charge in [0.1, 0.15) is 5.75 Å². The van der Waals surface area contributed by atoms with Crippen molar-refractivity contribution in [3.05, 3.63) is 54.0 Å². The Morgan fingerprint density at radius 2 is 1.69 bits per heavy atom. The summed E-state index contributed by atoms with van der Waals surface area (Å²) in [5.74, 6) is 0.245. The van der Waals surface area contributed by atoms with Crippen molar-refractivity contribution in [3.63, 3.8) is 0 Å². The van der Waals surface area contributed by atoms with Crippen molar-refractivity contribution in [1.82, 2.24) is 9.80 Å². The minimum Gasteiger partial charge on any atom is -0.483 e. The van der Waals surface area contributed by atoms with E-state index in [0.717, 1.165) is 0 Å². The van der Waals surface area contributed by atoms with Crippen LogP contribution in [0, 0.1) is 0 Å². The summed E-state index contributed by atoms with van der Waals surface area (Å²) in [5, 5.41) is 0. The molecule has 0 bridgehead atoms. The van der Waals surface area contributed by atoms with Crippen LogP contribution in [0.5, 0.6) is 5.75 Å². The van der Waals surface area contributed by atoms with Crippen molar-refractivity contribution < 1.29 is 23.5 Å². The number of hydrogen-bond donors (Lipinski definition) is 0. The maximum Gasteiger partial charge on any atom is 0.289 e. The molecule has 0 unspecified atom stereocenters. The predicted octanol–water partition coefficient (Wildman–Crippen LogP) is 1.85. The van der Waals surface area contributed by atoms with Crippen LogP contribution < -0.4 is 4.74 Å². The van der Waals surface area contributed by atoms with Crippen molar-refractivity contribution >= 4 is 17.6 Å². The molecule has 1 saturated heterocycles. The number of piperazine rings is 1. The first-order chi connectivity index (χ1) is 12.6. The highest BCUT2D eigenvalue weighted by molar-refractivity contribution is 5.96. The number of hydrogen-bond acceptors (Lipinski definition) is 5. The number of carbonyl (C=O) groups excluding carboxylic acids is 3. The highest BCUT2D eigenvalue weighted by atomic mass is 16.5. The second-order valence-electron chi connectivity index (χ2n) is 5.99. The Kier molecular flexibility index (Phi) is 5.36. The van der Waals surface area contributed by atoms with Crippen molar-refractivity contribution in [2.45, 2.75) is 6.92 Å². The molecular weight excluding hydrogens is 336 g/mol. The minimum absolute atomic E-state index is 0.113. The van der Waals surface area contributed by atoms with E-state index in [-0.39, 0.29) is 24.2 Å². The molecule has 3 rings (SSSR count). The van der Waals surface area contributed by atoms with E-state index >= 15 is 0 Å². The lowest BCUT2D eigenvalue weighted by Crippen LogP contribution is -2.51. The van der Waals surface area contributed by atoms with Gasteiger partial charge in [0, 0.05) is 26.2 Å². The van der Waals surface area contributed by atoms with Gasteiger partial charge in [-0.05, 0) is 31.2 Å². The number of carbonyl (C=O) groups is 3. The molecule has 7 nitrogen and oxygen atoms in total. The van der Waals surface area contributed by atoms with E-state index < -0.39 is 0 Å². The maximum absolute atomic E-state index is 12.4. The summed E-state index contributed by atoms with van der Waals surface area (Å²) in [5.41, 5.74) is 0.453. The summed E-state index contributed by atoms with van der Waals surface area (Å²) < 4.78 is 10.7. The van der Waals surface area contributed by atoms with Gasteiger partial charge in [-0.25, -0.2) is 0 Å². The van der Waals surface area contributed by atoms with E-state index in [2.05, 4.69) is 0 Å². The van der Waals surface area contributed by atoms with Crippen LogP contribution >= 0.6 is 0 Å². The van der Waals surface area contributed by atoms with Crippen molar-refractivity contribution in [2.75, 3.05) is 32.8 Å². The third kappa shape index (κ3) is 3.93. The zero-order chi connectivity index (χ0) is 18.5. The lowest BCUT2D eigenvalue weighted by Gasteiger charge is -2.34. The van der Waals surface area contributed by atoms with Crippen LogP contribution in [-0.2, 0) is 4.79 Å². The van der Waals surface area contributed by atoms with Crippen LogP contribution in [-0.4, -0.2) is 60.2 Å². The number of benzene rings is 1. The fourth-order valence-electron chi connectivity index (χ4n) is 2.83. The number of furan rings is 1. The van der Waals surface area contributed by atoms with Crippen LogP contribution in [0.1, 0.15) is 27.8 Å². The van der Waals surface area contributed by atoms with Crippen LogP contribution in [0.2, 0.25) is 0 Å². The van der Waals surface area contributed by atoms with E-state index in [1.54, 1.807) is 46.2 Å². The van der Waals surface area contributed by atoms with Gasteiger partial charge < -0.3 is 19.0 Å². The second-order valence-corrected chi connectivity index (χ2v) is 5.99. The smallest absolute Gasteiger partial charge is 0.289 e. The van der Waals surface area contributed by atoms with Gasteiger partial charge in [-0.15, -0.1) is 0 Å². The molecule has 2 heterocycles. The molecule has 0 spiro atoms. The fourth-order valence-corrected chi connectivity index (χ4v) is 2.83. The third-order valence-corrected chi connectivity index (χ3v) is 4.27. The van der Waals surface area contributed by atoms with E-state index in [4.69, 9.17) is 9.15 Å². The molecule has 7 heteroatoms. The Labute approximate surface area is 151 Å². The minimum atomic E-state index is -0.173. The van der Waals surface area contributed by atoms with Crippen molar-refractivity contribution in [1.29, 1.82) is 0 Å². The Hall–Kier alpha value is -3.09. The number of ketones is 1. The van der Waals surface area contributed by atoms with E-state index in [1.165, 1.54) is 13.2 Å². The van der Waals surface area contributed by atoms with Gasteiger partial charge in [0.25, 0.3) is 11.8 Å². The summed E-state index contributed by atoms with van der Waals surface area (Å²) >= 11 is 0. The lowest BCUT2D eigenvalue weighted by atomic mass is 10.1. The number of ether oxygens (including phenoxy) is 1. The SMILES string of the molecule is CC(=O)c1ccccc1OCC(=O)N1CCN(C(=O)c2ccco2)CC1. The maximum atomic E-state index is 12.4. The topological polar surface area (TPSA) is 80.1 Å². The van der Waals surface area contributed by atoms with Gasteiger partial charge in [-0.3, -0.25) is 14.4 Å². The average molecular weight is 356 g/mol.